The summed E-state index contributed by atoms with van der Waals surface area (Å²) in [5.41, 5.74) is 1.03. The van der Waals surface area contributed by atoms with Crippen LogP contribution in [-0.4, -0.2) is 26.0 Å². The average Bonchev–Trinajstić information content (AvgIpc) is 2.50. The topological polar surface area (TPSA) is 47.6 Å². The highest BCUT2D eigenvalue weighted by atomic mass is 16.5. The Balaban J connectivity index is 2.64. The molecular formula is C17H27NO3. The molecule has 1 N–H and O–H groups in total. The number of nitrogens with one attached hydrogen (secondary N) is 1. The molecule has 0 aliphatic rings. The number of methoxy groups -OCH3 is 2. The van der Waals surface area contributed by atoms with Crippen LogP contribution < -0.4 is 14.8 Å². The molecule has 0 heterocycles. The molecule has 0 amide bonds. The standard InChI is InChI=1S/C17H27NO3/c1-5-6-7-8-16(13(2)19)18-12-14-9-10-15(20-3)11-17(14)21-4/h9-11,16,18H,5-8,12H2,1-4H3/t16-/m0/s1. The summed E-state index contributed by atoms with van der Waals surface area (Å²) in [6.07, 6.45) is 4.30. The van der Waals surface area contributed by atoms with Crippen LogP contribution in [0.25, 0.3) is 0 Å². The summed E-state index contributed by atoms with van der Waals surface area (Å²) in [6.45, 7) is 4.43. The highest BCUT2D eigenvalue weighted by Gasteiger charge is 2.14. The molecule has 0 radical (unpaired) electrons. The molecule has 1 rings (SSSR count). The van der Waals surface area contributed by atoms with E-state index in [1.165, 1.54) is 0 Å². The normalized spacial score (nSPS) is 12.0. The van der Waals surface area contributed by atoms with E-state index in [-0.39, 0.29) is 11.8 Å². The molecule has 0 spiro atoms. The van der Waals surface area contributed by atoms with Gasteiger partial charge in [0.05, 0.1) is 20.3 Å². The summed E-state index contributed by atoms with van der Waals surface area (Å²) in [7, 11) is 3.27. The fourth-order valence-electron chi connectivity index (χ4n) is 2.28. The number of hydrogen-bond donors (Lipinski definition) is 1. The molecule has 1 aromatic carbocycles. The maximum Gasteiger partial charge on any atom is 0.146 e. The van der Waals surface area contributed by atoms with E-state index in [0.29, 0.717) is 6.54 Å². The Morgan fingerprint density at radius 1 is 1.24 bits per heavy atom. The lowest BCUT2D eigenvalue weighted by atomic mass is 10.0. The second kappa shape index (κ2) is 9.40. The minimum atomic E-state index is -0.0802. The van der Waals surface area contributed by atoms with Gasteiger partial charge in [0.1, 0.15) is 17.3 Å². The van der Waals surface area contributed by atoms with Gasteiger partial charge in [-0.25, -0.2) is 0 Å². The minimum Gasteiger partial charge on any atom is -0.497 e. The lowest BCUT2D eigenvalue weighted by Gasteiger charge is -2.17. The number of ketones is 1. The number of ether oxygens (including phenoxy) is 2. The lowest BCUT2D eigenvalue weighted by Crippen LogP contribution is -2.34. The van der Waals surface area contributed by atoms with Gasteiger partial charge < -0.3 is 14.8 Å². The highest BCUT2D eigenvalue weighted by molar-refractivity contribution is 5.81. The predicted molar refractivity (Wildman–Crippen MR) is 85.0 cm³/mol. The van der Waals surface area contributed by atoms with Crippen molar-refractivity contribution in [2.45, 2.75) is 52.1 Å². The van der Waals surface area contributed by atoms with Crippen LogP contribution in [0.15, 0.2) is 18.2 Å². The molecule has 21 heavy (non-hydrogen) atoms. The van der Waals surface area contributed by atoms with Crippen molar-refractivity contribution in [2.75, 3.05) is 14.2 Å². The minimum absolute atomic E-state index is 0.0802. The van der Waals surface area contributed by atoms with Gasteiger partial charge in [0.15, 0.2) is 0 Å². The van der Waals surface area contributed by atoms with E-state index < -0.39 is 0 Å². The average molecular weight is 293 g/mol. The summed E-state index contributed by atoms with van der Waals surface area (Å²) in [5, 5.41) is 3.34. The van der Waals surface area contributed by atoms with Gasteiger partial charge in [-0.3, -0.25) is 4.79 Å². The number of Topliss-reactive ketones (excluding diaryl/α,β-unsaturated/α-hetero) is 1. The van der Waals surface area contributed by atoms with E-state index in [4.69, 9.17) is 9.47 Å². The van der Waals surface area contributed by atoms with Crippen LogP contribution in [0.4, 0.5) is 0 Å². The van der Waals surface area contributed by atoms with Crippen LogP contribution >= 0.6 is 0 Å². The maximum atomic E-state index is 11.7. The third-order valence-electron chi connectivity index (χ3n) is 3.62. The van der Waals surface area contributed by atoms with Crippen LogP contribution in [0.1, 0.15) is 45.1 Å². The third kappa shape index (κ3) is 5.76. The van der Waals surface area contributed by atoms with E-state index >= 15 is 0 Å². The Kier molecular flexibility index (Phi) is 7.83. The molecular weight excluding hydrogens is 266 g/mol. The Labute approximate surface area is 127 Å². The second-order valence-electron chi connectivity index (χ2n) is 5.22. The van der Waals surface area contributed by atoms with Gasteiger partial charge in [-0.1, -0.05) is 32.3 Å². The maximum absolute atomic E-state index is 11.7. The molecule has 0 fully saturated rings. The molecule has 0 saturated carbocycles. The first kappa shape index (κ1) is 17.5. The molecule has 4 heteroatoms. The SMILES string of the molecule is CCCCC[C@H](NCc1ccc(OC)cc1OC)C(C)=O. The van der Waals surface area contributed by atoms with Crippen LogP contribution in [0, 0.1) is 0 Å². The second-order valence-corrected chi connectivity index (χ2v) is 5.22. The number of carbonyl (C=O) groups excluding carboxylic acids is 1. The van der Waals surface area contributed by atoms with E-state index in [0.717, 1.165) is 42.7 Å². The van der Waals surface area contributed by atoms with Crippen molar-refractivity contribution in [3.63, 3.8) is 0 Å². The van der Waals surface area contributed by atoms with Gasteiger partial charge in [-0.15, -0.1) is 0 Å². The highest BCUT2D eigenvalue weighted by Crippen LogP contribution is 2.24. The summed E-state index contributed by atoms with van der Waals surface area (Å²) >= 11 is 0. The van der Waals surface area contributed by atoms with E-state index in [1.807, 2.05) is 18.2 Å². The Hall–Kier alpha value is -1.55. The molecule has 4 nitrogen and oxygen atoms in total. The van der Waals surface area contributed by atoms with Crippen molar-refractivity contribution in [1.82, 2.24) is 5.32 Å². The van der Waals surface area contributed by atoms with Gasteiger partial charge in [0.2, 0.25) is 0 Å². The summed E-state index contributed by atoms with van der Waals surface area (Å²) in [5.74, 6) is 1.73. The summed E-state index contributed by atoms with van der Waals surface area (Å²) in [6, 6.07) is 5.65. The van der Waals surface area contributed by atoms with E-state index in [2.05, 4.69) is 12.2 Å². The monoisotopic (exact) mass is 293 g/mol. The molecule has 0 saturated heterocycles. The number of unbranched alkanes of at least 4 members (excludes halogenated alkanes) is 2. The van der Waals surface area contributed by atoms with Crippen molar-refractivity contribution >= 4 is 5.78 Å². The zero-order chi connectivity index (χ0) is 15.7. The molecule has 0 aliphatic heterocycles. The Bertz CT molecular complexity index is 446. The van der Waals surface area contributed by atoms with Crippen LogP contribution in [0.5, 0.6) is 11.5 Å². The molecule has 118 valence electrons. The summed E-state index contributed by atoms with van der Waals surface area (Å²) in [4.78, 5) is 11.7. The van der Waals surface area contributed by atoms with Crippen molar-refractivity contribution in [3.05, 3.63) is 23.8 Å². The lowest BCUT2D eigenvalue weighted by molar-refractivity contribution is -0.119. The largest absolute Gasteiger partial charge is 0.497 e. The fourth-order valence-corrected chi connectivity index (χ4v) is 2.28. The number of carbonyl (C=O) groups is 1. The van der Waals surface area contributed by atoms with E-state index in [1.54, 1.807) is 21.1 Å². The van der Waals surface area contributed by atoms with Gasteiger partial charge in [-0.05, 0) is 19.4 Å². The zero-order valence-corrected chi connectivity index (χ0v) is 13.6. The van der Waals surface area contributed by atoms with Crippen molar-refractivity contribution < 1.29 is 14.3 Å². The molecule has 0 bridgehead atoms. The first-order valence-electron chi connectivity index (χ1n) is 7.57. The van der Waals surface area contributed by atoms with Crippen LogP contribution in [0.3, 0.4) is 0 Å². The molecule has 0 aliphatic carbocycles. The zero-order valence-electron chi connectivity index (χ0n) is 13.6. The van der Waals surface area contributed by atoms with Crippen LogP contribution in [-0.2, 0) is 11.3 Å². The van der Waals surface area contributed by atoms with Crippen LogP contribution in [0.2, 0.25) is 0 Å². The summed E-state index contributed by atoms with van der Waals surface area (Å²) < 4.78 is 10.6. The first-order valence-corrected chi connectivity index (χ1v) is 7.57. The first-order chi connectivity index (χ1) is 10.1. The van der Waals surface area contributed by atoms with Gasteiger partial charge in [0.25, 0.3) is 0 Å². The number of benzene rings is 1. The molecule has 0 unspecified atom stereocenters. The van der Waals surface area contributed by atoms with Crippen molar-refractivity contribution in [1.29, 1.82) is 0 Å². The van der Waals surface area contributed by atoms with Gasteiger partial charge in [0, 0.05) is 18.2 Å². The fraction of sp³-hybridized carbons (Fsp3) is 0.588. The quantitative estimate of drug-likeness (QED) is 0.672. The molecule has 1 aromatic rings. The third-order valence-corrected chi connectivity index (χ3v) is 3.62. The smallest absolute Gasteiger partial charge is 0.146 e. The van der Waals surface area contributed by atoms with Crippen molar-refractivity contribution in [3.8, 4) is 11.5 Å². The van der Waals surface area contributed by atoms with Gasteiger partial charge >= 0.3 is 0 Å². The van der Waals surface area contributed by atoms with E-state index in [9.17, 15) is 4.79 Å². The van der Waals surface area contributed by atoms with Gasteiger partial charge in [-0.2, -0.15) is 0 Å². The molecule has 0 aromatic heterocycles. The number of hydrogen-bond acceptors (Lipinski definition) is 4. The predicted octanol–water partition coefficient (Wildman–Crippen LogP) is 3.33. The number of rotatable bonds is 10. The molecule has 1 atom stereocenters. The Morgan fingerprint density at radius 2 is 2.00 bits per heavy atom. The Morgan fingerprint density at radius 3 is 2.57 bits per heavy atom. The van der Waals surface area contributed by atoms with Crippen molar-refractivity contribution in [2.24, 2.45) is 0 Å².